The first kappa shape index (κ1) is 15.4. The minimum Gasteiger partial charge on any atom is -0.342 e. The van der Waals surface area contributed by atoms with E-state index in [-0.39, 0.29) is 5.41 Å². The lowest BCUT2D eigenvalue weighted by atomic mass is 9.90. The van der Waals surface area contributed by atoms with Gasteiger partial charge in [0.25, 0.3) is 0 Å². The van der Waals surface area contributed by atoms with Crippen LogP contribution in [0.15, 0.2) is 0 Å². The molecule has 0 N–H and O–H groups in total. The Labute approximate surface area is 115 Å². The number of nitriles is 1. The van der Waals surface area contributed by atoms with Gasteiger partial charge in [-0.3, -0.25) is 4.79 Å². The number of carbonyl (C=O) groups excluding carboxylic acids is 1. The molecule has 0 spiro atoms. The quantitative estimate of drug-likeness (QED) is 0.695. The number of likely N-dealkylation sites (tertiary alicyclic amines) is 1. The second kappa shape index (κ2) is 7.68. The molecule has 1 heterocycles. The first-order valence-electron chi connectivity index (χ1n) is 6.82. The lowest BCUT2D eigenvalue weighted by Crippen LogP contribution is -2.36. The summed E-state index contributed by atoms with van der Waals surface area (Å²) >= 11 is 1.71. The SMILES string of the molecule is CC(C)(C#N)CCCSCC(=O)N1CCCCC1. The van der Waals surface area contributed by atoms with Crippen molar-refractivity contribution >= 4 is 17.7 Å². The van der Waals surface area contributed by atoms with Crippen LogP contribution >= 0.6 is 11.8 Å². The Bertz CT molecular complexity index is 303. The highest BCUT2D eigenvalue weighted by atomic mass is 32.2. The molecule has 0 atom stereocenters. The molecule has 0 aromatic rings. The molecule has 0 radical (unpaired) electrons. The molecule has 1 fully saturated rings. The highest BCUT2D eigenvalue weighted by Crippen LogP contribution is 2.22. The largest absolute Gasteiger partial charge is 0.342 e. The maximum absolute atomic E-state index is 11.9. The van der Waals surface area contributed by atoms with E-state index in [0.717, 1.165) is 44.5 Å². The van der Waals surface area contributed by atoms with Gasteiger partial charge in [0.2, 0.25) is 5.91 Å². The maximum atomic E-state index is 11.9. The van der Waals surface area contributed by atoms with Gasteiger partial charge in [-0.2, -0.15) is 17.0 Å². The van der Waals surface area contributed by atoms with Crippen LogP contribution in [0, 0.1) is 16.7 Å². The average Bonchev–Trinajstić information content (AvgIpc) is 2.39. The lowest BCUT2D eigenvalue weighted by molar-refractivity contribution is -0.129. The van der Waals surface area contributed by atoms with E-state index in [2.05, 4.69) is 6.07 Å². The molecular weight excluding hydrogens is 244 g/mol. The van der Waals surface area contributed by atoms with Crippen LogP contribution < -0.4 is 0 Å². The van der Waals surface area contributed by atoms with Crippen LogP contribution in [-0.2, 0) is 4.79 Å². The van der Waals surface area contributed by atoms with Gasteiger partial charge in [-0.25, -0.2) is 0 Å². The Morgan fingerprint density at radius 1 is 1.33 bits per heavy atom. The minimum atomic E-state index is -0.225. The van der Waals surface area contributed by atoms with Crippen molar-refractivity contribution in [3.63, 3.8) is 0 Å². The summed E-state index contributed by atoms with van der Waals surface area (Å²) < 4.78 is 0. The molecule has 0 aromatic carbocycles. The van der Waals surface area contributed by atoms with Crippen molar-refractivity contribution in [2.45, 2.75) is 46.0 Å². The molecular formula is C14H24N2OS. The number of hydrogen-bond donors (Lipinski definition) is 0. The van der Waals surface area contributed by atoms with Crippen molar-refractivity contribution in [1.82, 2.24) is 4.90 Å². The van der Waals surface area contributed by atoms with Crippen LogP contribution in [0.2, 0.25) is 0 Å². The summed E-state index contributed by atoms with van der Waals surface area (Å²) in [7, 11) is 0. The third kappa shape index (κ3) is 5.77. The zero-order valence-corrected chi connectivity index (χ0v) is 12.4. The number of piperidine rings is 1. The fraction of sp³-hybridized carbons (Fsp3) is 0.857. The van der Waals surface area contributed by atoms with Crippen LogP contribution in [0.3, 0.4) is 0 Å². The van der Waals surface area contributed by atoms with Crippen molar-refractivity contribution in [1.29, 1.82) is 5.26 Å². The Kier molecular flexibility index (Phi) is 6.56. The van der Waals surface area contributed by atoms with Crippen LogP contribution in [0.25, 0.3) is 0 Å². The first-order chi connectivity index (χ1) is 8.55. The second-order valence-electron chi connectivity index (χ2n) is 5.59. The summed E-state index contributed by atoms with van der Waals surface area (Å²) in [5, 5.41) is 8.89. The van der Waals surface area contributed by atoms with E-state index in [1.54, 1.807) is 11.8 Å². The molecule has 1 amide bonds. The third-order valence-corrected chi connectivity index (χ3v) is 4.36. The van der Waals surface area contributed by atoms with E-state index < -0.39 is 0 Å². The van der Waals surface area contributed by atoms with Crippen molar-refractivity contribution < 1.29 is 4.79 Å². The van der Waals surface area contributed by atoms with Crippen LogP contribution in [0.4, 0.5) is 0 Å². The van der Waals surface area contributed by atoms with E-state index in [4.69, 9.17) is 5.26 Å². The molecule has 102 valence electrons. The summed E-state index contributed by atoms with van der Waals surface area (Å²) in [5.74, 6) is 1.87. The van der Waals surface area contributed by atoms with Crippen LogP contribution in [-0.4, -0.2) is 35.4 Å². The predicted molar refractivity (Wildman–Crippen MR) is 76.4 cm³/mol. The molecule has 1 aliphatic rings. The Hall–Kier alpha value is -0.690. The predicted octanol–water partition coefficient (Wildman–Crippen LogP) is 3.06. The van der Waals surface area contributed by atoms with Gasteiger partial charge >= 0.3 is 0 Å². The summed E-state index contributed by atoms with van der Waals surface area (Å²) in [5.41, 5.74) is -0.225. The fourth-order valence-corrected chi connectivity index (χ4v) is 2.92. The summed E-state index contributed by atoms with van der Waals surface area (Å²) in [6.45, 7) is 5.83. The second-order valence-corrected chi connectivity index (χ2v) is 6.70. The molecule has 0 saturated carbocycles. The molecule has 0 unspecified atom stereocenters. The minimum absolute atomic E-state index is 0.225. The maximum Gasteiger partial charge on any atom is 0.232 e. The molecule has 0 aliphatic carbocycles. The normalized spacial score (nSPS) is 16.4. The molecule has 1 aliphatic heterocycles. The Morgan fingerprint density at radius 2 is 2.00 bits per heavy atom. The zero-order chi connectivity index (χ0) is 13.4. The summed E-state index contributed by atoms with van der Waals surface area (Å²) in [4.78, 5) is 13.9. The van der Waals surface area contributed by atoms with Gasteiger partial charge < -0.3 is 4.90 Å². The number of nitrogens with zero attached hydrogens (tertiary/aromatic N) is 2. The highest BCUT2D eigenvalue weighted by Gasteiger charge is 2.17. The fourth-order valence-electron chi connectivity index (χ4n) is 2.07. The van der Waals surface area contributed by atoms with Gasteiger partial charge in [0.1, 0.15) is 0 Å². The molecule has 0 bridgehead atoms. The Balaban J connectivity index is 2.07. The van der Waals surface area contributed by atoms with Gasteiger partial charge in [-0.1, -0.05) is 0 Å². The first-order valence-corrected chi connectivity index (χ1v) is 7.97. The van der Waals surface area contributed by atoms with E-state index in [9.17, 15) is 4.79 Å². The zero-order valence-electron chi connectivity index (χ0n) is 11.6. The molecule has 0 aromatic heterocycles. The molecule has 18 heavy (non-hydrogen) atoms. The van der Waals surface area contributed by atoms with Crippen molar-refractivity contribution in [3.8, 4) is 6.07 Å². The number of hydrogen-bond acceptors (Lipinski definition) is 3. The topological polar surface area (TPSA) is 44.1 Å². The van der Waals surface area contributed by atoms with Crippen LogP contribution in [0.5, 0.6) is 0 Å². The highest BCUT2D eigenvalue weighted by molar-refractivity contribution is 7.99. The Morgan fingerprint density at radius 3 is 2.61 bits per heavy atom. The number of rotatable bonds is 6. The molecule has 1 saturated heterocycles. The van der Waals surface area contributed by atoms with E-state index in [1.807, 2.05) is 18.7 Å². The smallest absolute Gasteiger partial charge is 0.232 e. The van der Waals surface area contributed by atoms with E-state index in [1.165, 1.54) is 6.42 Å². The van der Waals surface area contributed by atoms with Gasteiger partial charge in [-0.05, 0) is 51.7 Å². The van der Waals surface area contributed by atoms with Crippen molar-refractivity contribution in [2.24, 2.45) is 5.41 Å². The number of thioether (sulfide) groups is 1. The molecule has 3 nitrogen and oxygen atoms in total. The number of amides is 1. The standard InChI is InChI=1S/C14H24N2OS/c1-14(2,12-15)7-6-10-18-11-13(17)16-8-4-3-5-9-16/h3-11H2,1-2H3. The lowest BCUT2D eigenvalue weighted by Gasteiger charge is -2.26. The monoisotopic (exact) mass is 268 g/mol. The van der Waals surface area contributed by atoms with Crippen LogP contribution in [0.1, 0.15) is 46.0 Å². The van der Waals surface area contributed by atoms with Gasteiger partial charge in [0.05, 0.1) is 17.2 Å². The number of carbonyl (C=O) groups is 1. The van der Waals surface area contributed by atoms with Gasteiger partial charge in [0.15, 0.2) is 0 Å². The molecule has 4 heteroatoms. The third-order valence-electron chi connectivity index (χ3n) is 3.33. The van der Waals surface area contributed by atoms with Crippen molar-refractivity contribution in [2.75, 3.05) is 24.6 Å². The van der Waals surface area contributed by atoms with Crippen molar-refractivity contribution in [3.05, 3.63) is 0 Å². The van der Waals surface area contributed by atoms with E-state index in [0.29, 0.717) is 11.7 Å². The van der Waals surface area contributed by atoms with Gasteiger partial charge in [-0.15, -0.1) is 0 Å². The van der Waals surface area contributed by atoms with Gasteiger partial charge in [0, 0.05) is 13.1 Å². The van der Waals surface area contributed by atoms with E-state index >= 15 is 0 Å². The molecule has 1 rings (SSSR count). The average molecular weight is 268 g/mol. The summed E-state index contributed by atoms with van der Waals surface area (Å²) in [6, 6.07) is 2.31. The summed E-state index contributed by atoms with van der Waals surface area (Å²) in [6.07, 6.45) is 5.51.